The van der Waals surface area contributed by atoms with E-state index in [2.05, 4.69) is 15.3 Å². The van der Waals surface area contributed by atoms with Crippen molar-refractivity contribution in [1.82, 2.24) is 9.97 Å². The molecule has 0 bridgehead atoms. The van der Waals surface area contributed by atoms with Crippen molar-refractivity contribution in [3.8, 4) is 11.4 Å². The van der Waals surface area contributed by atoms with E-state index in [0.29, 0.717) is 11.6 Å². The molecule has 0 unspecified atom stereocenters. The van der Waals surface area contributed by atoms with Gasteiger partial charge in [0.1, 0.15) is 17.5 Å². The lowest BCUT2D eigenvalue weighted by molar-refractivity contribution is -0.134. The van der Waals surface area contributed by atoms with E-state index in [4.69, 9.17) is 16.7 Å². The van der Waals surface area contributed by atoms with Crippen LogP contribution >= 0.6 is 11.6 Å². The lowest BCUT2D eigenvalue weighted by atomic mass is 10.2. The van der Waals surface area contributed by atoms with E-state index in [1.54, 1.807) is 0 Å². The summed E-state index contributed by atoms with van der Waals surface area (Å²) in [5.74, 6) is -0.127. The van der Waals surface area contributed by atoms with Crippen LogP contribution in [0.2, 0.25) is 5.15 Å². The maximum atomic E-state index is 10.5. The molecule has 6 heteroatoms. The van der Waals surface area contributed by atoms with Crippen LogP contribution in [0.4, 0.5) is 5.82 Å². The number of rotatable bonds is 4. The molecule has 18 heavy (non-hydrogen) atoms. The van der Waals surface area contributed by atoms with E-state index in [1.165, 1.54) is 6.07 Å². The van der Waals surface area contributed by atoms with Crippen molar-refractivity contribution < 1.29 is 9.90 Å². The van der Waals surface area contributed by atoms with Gasteiger partial charge in [0.2, 0.25) is 0 Å². The summed E-state index contributed by atoms with van der Waals surface area (Å²) in [6.45, 7) is -0.221. The van der Waals surface area contributed by atoms with Crippen LogP contribution in [0.5, 0.6) is 0 Å². The zero-order chi connectivity index (χ0) is 13.0. The van der Waals surface area contributed by atoms with E-state index in [0.717, 1.165) is 5.56 Å². The third-order valence-corrected chi connectivity index (χ3v) is 2.34. The first kappa shape index (κ1) is 12.3. The van der Waals surface area contributed by atoms with E-state index >= 15 is 0 Å². The monoisotopic (exact) mass is 263 g/mol. The van der Waals surface area contributed by atoms with Crippen LogP contribution in [0.1, 0.15) is 0 Å². The van der Waals surface area contributed by atoms with Crippen molar-refractivity contribution in [1.29, 1.82) is 0 Å². The van der Waals surface area contributed by atoms with Crippen molar-refractivity contribution in [2.24, 2.45) is 0 Å². The van der Waals surface area contributed by atoms with Crippen LogP contribution in [-0.2, 0) is 4.79 Å². The Balaban J connectivity index is 2.29. The molecule has 0 aliphatic heterocycles. The number of carboxylic acid groups (broad SMARTS) is 1. The quantitative estimate of drug-likeness (QED) is 0.828. The number of anilines is 1. The molecule has 92 valence electrons. The fourth-order valence-corrected chi connectivity index (χ4v) is 1.57. The van der Waals surface area contributed by atoms with Gasteiger partial charge in [0, 0.05) is 11.6 Å². The average Bonchev–Trinajstić information content (AvgIpc) is 2.37. The molecule has 2 aromatic rings. The highest BCUT2D eigenvalue weighted by molar-refractivity contribution is 6.29. The number of carbonyl (C=O) groups is 1. The number of hydrogen-bond donors (Lipinski definition) is 2. The van der Waals surface area contributed by atoms with E-state index in [9.17, 15) is 4.79 Å². The number of aromatic nitrogens is 2. The lowest BCUT2D eigenvalue weighted by Crippen LogP contribution is -2.13. The molecule has 0 saturated heterocycles. The maximum Gasteiger partial charge on any atom is 0.322 e. The van der Waals surface area contributed by atoms with Gasteiger partial charge in [-0.3, -0.25) is 4.79 Å². The topological polar surface area (TPSA) is 75.1 Å². The summed E-state index contributed by atoms with van der Waals surface area (Å²) in [5, 5.41) is 11.5. The smallest absolute Gasteiger partial charge is 0.322 e. The molecule has 1 heterocycles. The molecule has 0 aliphatic carbocycles. The van der Waals surface area contributed by atoms with E-state index in [1.807, 2.05) is 30.3 Å². The molecule has 1 aromatic heterocycles. The first-order chi connectivity index (χ1) is 8.65. The number of benzene rings is 1. The molecule has 1 aromatic carbocycles. The number of nitrogens with zero attached hydrogens (tertiary/aromatic N) is 2. The number of hydrogen-bond acceptors (Lipinski definition) is 4. The highest BCUT2D eigenvalue weighted by atomic mass is 35.5. The Morgan fingerprint density at radius 2 is 2.00 bits per heavy atom. The van der Waals surface area contributed by atoms with Gasteiger partial charge in [-0.1, -0.05) is 41.9 Å². The normalized spacial score (nSPS) is 10.1. The Bertz CT molecular complexity index is 561. The number of carboxylic acids is 1. The van der Waals surface area contributed by atoms with Crippen molar-refractivity contribution in [2.75, 3.05) is 11.9 Å². The van der Waals surface area contributed by atoms with Crippen LogP contribution in [-0.4, -0.2) is 27.6 Å². The van der Waals surface area contributed by atoms with Crippen LogP contribution in [0.15, 0.2) is 36.4 Å². The van der Waals surface area contributed by atoms with Crippen LogP contribution in [0, 0.1) is 0 Å². The molecule has 2 N–H and O–H groups in total. The molecule has 2 rings (SSSR count). The second-order valence-corrected chi connectivity index (χ2v) is 3.90. The lowest BCUT2D eigenvalue weighted by Gasteiger charge is -2.06. The van der Waals surface area contributed by atoms with Crippen molar-refractivity contribution in [2.45, 2.75) is 0 Å². The molecule has 0 atom stereocenters. The van der Waals surface area contributed by atoms with E-state index in [-0.39, 0.29) is 11.7 Å². The van der Waals surface area contributed by atoms with Crippen LogP contribution in [0.3, 0.4) is 0 Å². The highest BCUT2D eigenvalue weighted by Gasteiger charge is 2.06. The minimum atomic E-state index is -0.967. The van der Waals surface area contributed by atoms with Crippen molar-refractivity contribution in [3.05, 3.63) is 41.6 Å². The third-order valence-electron chi connectivity index (χ3n) is 2.15. The highest BCUT2D eigenvalue weighted by Crippen LogP contribution is 2.19. The average molecular weight is 264 g/mol. The molecule has 0 fully saturated rings. The minimum Gasteiger partial charge on any atom is -0.480 e. The summed E-state index contributed by atoms with van der Waals surface area (Å²) < 4.78 is 0. The Hall–Kier alpha value is -2.14. The summed E-state index contributed by atoms with van der Waals surface area (Å²) in [5.41, 5.74) is 0.818. The summed E-state index contributed by atoms with van der Waals surface area (Å²) in [6.07, 6.45) is 0. The largest absolute Gasteiger partial charge is 0.480 e. The van der Waals surface area contributed by atoms with Gasteiger partial charge in [0.15, 0.2) is 5.82 Å². The summed E-state index contributed by atoms with van der Waals surface area (Å²) in [6, 6.07) is 10.8. The van der Waals surface area contributed by atoms with Gasteiger partial charge >= 0.3 is 5.97 Å². The van der Waals surface area contributed by atoms with Gasteiger partial charge in [-0.2, -0.15) is 0 Å². The standard InChI is InChI=1S/C12H10ClN3O2/c13-9-6-10(14-7-11(17)18)16-12(15-9)8-4-2-1-3-5-8/h1-6H,7H2,(H,17,18)(H,14,15,16). The zero-order valence-corrected chi connectivity index (χ0v) is 10.1. The fraction of sp³-hybridized carbons (Fsp3) is 0.0833. The predicted octanol–water partition coefficient (Wildman–Crippen LogP) is 2.29. The first-order valence-corrected chi connectivity index (χ1v) is 5.58. The van der Waals surface area contributed by atoms with Crippen molar-refractivity contribution >= 4 is 23.4 Å². The third kappa shape index (κ3) is 3.18. The molecule has 0 radical (unpaired) electrons. The summed E-state index contributed by atoms with van der Waals surface area (Å²) in [7, 11) is 0. The molecule has 0 amide bonds. The molecular formula is C12H10ClN3O2. The molecule has 0 aliphatic rings. The number of aliphatic carboxylic acids is 1. The Labute approximate surface area is 108 Å². The van der Waals surface area contributed by atoms with Gasteiger partial charge in [-0.05, 0) is 0 Å². The summed E-state index contributed by atoms with van der Waals surface area (Å²) in [4.78, 5) is 18.8. The Morgan fingerprint density at radius 1 is 1.28 bits per heavy atom. The second kappa shape index (κ2) is 5.46. The van der Waals surface area contributed by atoms with E-state index < -0.39 is 5.97 Å². The van der Waals surface area contributed by atoms with Gasteiger partial charge in [-0.25, -0.2) is 9.97 Å². The van der Waals surface area contributed by atoms with Gasteiger partial charge in [0.25, 0.3) is 0 Å². The van der Waals surface area contributed by atoms with Gasteiger partial charge < -0.3 is 10.4 Å². The fourth-order valence-electron chi connectivity index (χ4n) is 1.39. The minimum absolute atomic E-state index is 0.221. The summed E-state index contributed by atoms with van der Waals surface area (Å²) >= 11 is 5.88. The first-order valence-electron chi connectivity index (χ1n) is 5.21. The molecule has 0 saturated carbocycles. The SMILES string of the molecule is O=C(O)CNc1cc(Cl)nc(-c2ccccc2)n1. The maximum absolute atomic E-state index is 10.5. The number of nitrogens with one attached hydrogen (secondary N) is 1. The Morgan fingerprint density at radius 3 is 2.67 bits per heavy atom. The van der Waals surface area contributed by atoms with Gasteiger partial charge in [0.05, 0.1) is 0 Å². The van der Waals surface area contributed by atoms with Crippen LogP contribution in [0.25, 0.3) is 11.4 Å². The Kier molecular flexibility index (Phi) is 3.74. The van der Waals surface area contributed by atoms with Gasteiger partial charge in [-0.15, -0.1) is 0 Å². The molecule has 5 nitrogen and oxygen atoms in total. The predicted molar refractivity (Wildman–Crippen MR) is 68.6 cm³/mol. The number of halogens is 1. The molecular weight excluding hydrogens is 254 g/mol. The molecule has 0 spiro atoms. The van der Waals surface area contributed by atoms with Crippen LogP contribution < -0.4 is 5.32 Å². The second-order valence-electron chi connectivity index (χ2n) is 3.51. The van der Waals surface area contributed by atoms with Crippen molar-refractivity contribution in [3.63, 3.8) is 0 Å². The zero-order valence-electron chi connectivity index (χ0n) is 9.30.